The van der Waals surface area contributed by atoms with Crippen molar-refractivity contribution in [3.63, 3.8) is 0 Å². The van der Waals surface area contributed by atoms with Gasteiger partial charge in [-0.05, 0) is 42.8 Å². The Hall–Kier alpha value is -2.33. The Morgan fingerprint density at radius 2 is 2.00 bits per heavy atom. The van der Waals surface area contributed by atoms with Crippen LogP contribution in [0.5, 0.6) is 5.75 Å². The molecule has 2 aliphatic rings. The number of rotatable bonds is 3. The van der Waals surface area contributed by atoms with Gasteiger partial charge in [-0.3, -0.25) is 4.79 Å². The van der Waals surface area contributed by atoms with Crippen molar-refractivity contribution in [3.05, 3.63) is 65.7 Å². The zero-order valence-corrected chi connectivity index (χ0v) is 14.5. The van der Waals surface area contributed by atoms with Gasteiger partial charge >= 0.3 is 0 Å². The molecule has 130 valence electrons. The molecule has 0 aromatic heterocycles. The molecule has 4 heteroatoms. The van der Waals surface area contributed by atoms with Crippen molar-refractivity contribution in [2.75, 3.05) is 26.7 Å². The van der Waals surface area contributed by atoms with Crippen molar-refractivity contribution < 1.29 is 9.53 Å². The van der Waals surface area contributed by atoms with Crippen LogP contribution in [0.15, 0.2) is 54.6 Å². The van der Waals surface area contributed by atoms with Crippen LogP contribution in [0.1, 0.15) is 28.3 Å². The van der Waals surface area contributed by atoms with E-state index in [-0.39, 0.29) is 5.91 Å². The highest BCUT2D eigenvalue weighted by Crippen LogP contribution is 2.41. The number of benzene rings is 2. The number of hydrogen-bond donors (Lipinski definition) is 1. The summed E-state index contributed by atoms with van der Waals surface area (Å²) in [6, 6.07) is 18.3. The van der Waals surface area contributed by atoms with E-state index in [1.165, 1.54) is 5.56 Å². The lowest BCUT2D eigenvalue weighted by atomic mass is 9.82. The predicted molar refractivity (Wildman–Crippen MR) is 98.0 cm³/mol. The molecule has 0 aliphatic carbocycles. The number of likely N-dealkylation sites (tertiary alicyclic amines) is 1. The van der Waals surface area contributed by atoms with Crippen LogP contribution in [0.4, 0.5) is 0 Å². The summed E-state index contributed by atoms with van der Waals surface area (Å²) in [5.41, 5.74) is 2.05. The molecule has 0 spiro atoms. The largest absolute Gasteiger partial charge is 0.497 e. The first-order chi connectivity index (χ1) is 12.3. The van der Waals surface area contributed by atoms with Gasteiger partial charge in [-0.2, -0.15) is 0 Å². The number of piperidine rings is 1. The fraction of sp³-hybridized carbons (Fsp3) is 0.381. The summed E-state index contributed by atoms with van der Waals surface area (Å²) < 4.78 is 5.40. The van der Waals surface area contributed by atoms with E-state index in [1.807, 2.05) is 42.5 Å². The van der Waals surface area contributed by atoms with Crippen LogP contribution >= 0.6 is 0 Å². The molecule has 2 aliphatic heterocycles. The van der Waals surface area contributed by atoms with E-state index in [2.05, 4.69) is 22.3 Å². The Bertz CT molecular complexity index is 747. The monoisotopic (exact) mass is 336 g/mol. The molecule has 0 radical (unpaired) electrons. The van der Waals surface area contributed by atoms with Gasteiger partial charge in [0.25, 0.3) is 5.91 Å². The fourth-order valence-electron chi connectivity index (χ4n) is 4.35. The zero-order chi connectivity index (χ0) is 17.2. The predicted octanol–water partition coefficient (Wildman–Crippen LogP) is 2.91. The molecule has 25 heavy (non-hydrogen) atoms. The van der Waals surface area contributed by atoms with Gasteiger partial charge in [0.1, 0.15) is 5.75 Å². The van der Waals surface area contributed by atoms with E-state index in [0.29, 0.717) is 17.9 Å². The third-order valence-corrected chi connectivity index (χ3v) is 5.61. The second-order valence-corrected chi connectivity index (χ2v) is 6.93. The normalized spacial score (nSPS) is 25.5. The van der Waals surface area contributed by atoms with Crippen molar-refractivity contribution in [1.29, 1.82) is 0 Å². The molecule has 4 nitrogen and oxygen atoms in total. The minimum absolute atomic E-state index is 0.155. The van der Waals surface area contributed by atoms with E-state index < -0.39 is 0 Å². The van der Waals surface area contributed by atoms with Crippen molar-refractivity contribution in [3.8, 4) is 5.75 Å². The molecule has 2 heterocycles. The van der Waals surface area contributed by atoms with Gasteiger partial charge in [0.05, 0.1) is 7.11 Å². The second-order valence-electron chi connectivity index (χ2n) is 6.93. The summed E-state index contributed by atoms with van der Waals surface area (Å²) in [4.78, 5) is 15.2. The Morgan fingerprint density at radius 3 is 2.80 bits per heavy atom. The number of nitrogens with zero attached hydrogens (tertiary/aromatic N) is 1. The molecule has 0 bridgehead atoms. The number of carbonyl (C=O) groups excluding carboxylic acids is 1. The Balaban J connectivity index is 1.64. The van der Waals surface area contributed by atoms with Crippen molar-refractivity contribution in [1.82, 2.24) is 10.2 Å². The number of amides is 1. The number of carbonyl (C=O) groups is 1. The molecule has 3 atom stereocenters. The Kier molecular flexibility index (Phi) is 4.45. The average Bonchev–Trinajstić information content (AvgIpc) is 3.08. The lowest BCUT2D eigenvalue weighted by molar-refractivity contribution is 0.0697. The maximum atomic E-state index is 13.1. The first-order valence-electron chi connectivity index (χ1n) is 8.98. The minimum atomic E-state index is 0.155. The first-order valence-corrected chi connectivity index (χ1v) is 8.98. The molecular weight excluding hydrogens is 312 g/mol. The van der Waals surface area contributed by atoms with Crippen LogP contribution in [-0.4, -0.2) is 43.6 Å². The van der Waals surface area contributed by atoms with Gasteiger partial charge in [0.15, 0.2) is 0 Å². The van der Waals surface area contributed by atoms with Crippen molar-refractivity contribution >= 4 is 5.91 Å². The van der Waals surface area contributed by atoms with Gasteiger partial charge in [0.2, 0.25) is 0 Å². The van der Waals surface area contributed by atoms with E-state index in [0.717, 1.165) is 37.4 Å². The number of methoxy groups -OCH3 is 1. The van der Waals surface area contributed by atoms with Gasteiger partial charge in [0, 0.05) is 36.5 Å². The van der Waals surface area contributed by atoms with E-state index in [9.17, 15) is 4.79 Å². The number of nitrogens with one attached hydrogen (secondary N) is 1. The quantitative estimate of drug-likeness (QED) is 0.937. The molecule has 2 aromatic carbocycles. The molecular formula is C21H24N2O2. The molecule has 2 aromatic rings. The Labute approximate surface area is 148 Å². The summed E-state index contributed by atoms with van der Waals surface area (Å²) in [5, 5.41) is 3.51. The summed E-state index contributed by atoms with van der Waals surface area (Å²) in [7, 11) is 1.70. The van der Waals surface area contributed by atoms with E-state index >= 15 is 0 Å². The van der Waals surface area contributed by atoms with Crippen LogP contribution < -0.4 is 10.1 Å². The lowest BCUT2D eigenvalue weighted by Gasteiger charge is -2.33. The van der Waals surface area contributed by atoms with Crippen molar-refractivity contribution in [2.45, 2.75) is 18.4 Å². The molecule has 0 unspecified atom stereocenters. The fourth-order valence-corrected chi connectivity index (χ4v) is 4.35. The lowest BCUT2D eigenvalue weighted by Crippen LogP contribution is -2.46. The van der Waals surface area contributed by atoms with Crippen LogP contribution in [0, 0.1) is 5.92 Å². The van der Waals surface area contributed by atoms with Crippen LogP contribution in [0.25, 0.3) is 0 Å². The molecule has 4 rings (SSSR count). The summed E-state index contributed by atoms with van der Waals surface area (Å²) in [6.07, 6.45) is 1.02. The van der Waals surface area contributed by atoms with Gasteiger partial charge < -0.3 is 15.0 Å². The smallest absolute Gasteiger partial charge is 0.254 e. The highest BCUT2D eigenvalue weighted by molar-refractivity contribution is 5.94. The third-order valence-electron chi connectivity index (χ3n) is 5.61. The SMILES string of the molecule is COc1cccc([C@H]2CN(C(=O)c3ccccc3)[C@@H]3CCNC[C@H]23)c1. The zero-order valence-electron chi connectivity index (χ0n) is 14.5. The number of ether oxygens (including phenoxy) is 1. The molecule has 2 saturated heterocycles. The number of fused-ring (bicyclic) bond motifs is 1. The molecule has 2 fully saturated rings. The highest BCUT2D eigenvalue weighted by Gasteiger charge is 2.45. The Morgan fingerprint density at radius 1 is 1.16 bits per heavy atom. The van der Waals surface area contributed by atoms with Crippen LogP contribution in [-0.2, 0) is 0 Å². The molecule has 1 amide bonds. The van der Waals surface area contributed by atoms with Crippen molar-refractivity contribution in [2.24, 2.45) is 5.92 Å². The number of hydrogen-bond acceptors (Lipinski definition) is 3. The third kappa shape index (κ3) is 3.02. The van der Waals surface area contributed by atoms with Crippen LogP contribution in [0.3, 0.4) is 0 Å². The topological polar surface area (TPSA) is 41.6 Å². The van der Waals surface area contributed by atoms with E-state index in [4.69, 9.17) is 4.74 Å². The summed E-state index contributed by atoms with van der Waals surface area (Å²) in [6.45, 7) is 2.72. The summed E-state index contributed by atoms with van der Waals surface area (Å²) >= 11 is 0. The van der Waals surface area contributed by atoms with Gasteiger partial charge in [-0.1, -0.05) is 30.3 Å². The minimum Gasteiger partial charge on any atom is -0.497 e. The first kappa shape index (κ1) is 16.2. The maximum Gasteiger partial charge on any atom is 0.254 e. The van der Waals surface area contributed by atoms with Gasteiger partial charge in [-0.15, -0.1) is 0 Å². The van der Waals surface area contributed by atoms with Crippen LogP contribution in [0.2, 0.25) is 0 Å². The molecule has 1 N–H and O–H groups in total. The average molecular weight is 336 g/mol. The summed E-state index contributed by atoms with van der Waals surface area (Å²) in [5.74, 6) is 1.84. The maximum absolute atomic E-state index is 13.1. The van der Waals surface area contributed by atoms with E-state index in [1.54, 1.807) is 7.11 Å². The standard InChI is InChI=1S/C21H24N2O2/c1-25-17-9-5-8-16(12-17)19-14-23(20-10-11-22-13-18(19)20)21(24)15-6-3-2-4-7-15/h2-9,12,18-20,22H,10-11,13-14H2,1H3/t18-,19-,20-/m1/s1. The highest BCUT2D eigenvalue weighted by atomic mass is 16.5. The second kappa shape index (κ2) is 6.89. The molecule has 0 saturated carbocycles. The van der Waals surface area contributed by atoms with Gasteiger partial charge in [-0.25, -0.2) is 0 Å².